The Bertz CT molecular complexity index is 829. The molecule has 0 aromatic heterocycles. The summed E-state index contributed by atoms with van der Waals surface area (Å²) in [6.45, 7) is 0.113. The van der Waals surface area contributed by atoms with Crippen LogP contribution in [0.1, 0.15) is 12.8 Å². The number of carbonyl (C=O) groups is 3. The molecule has 0 spiro atoms. The summed E-state index contributed by atoms with van der Waals surface area (Å²) in [5.41, 5.74) is 0.408. The van der Waals surface area contributed by atoms with E-state index in [2.05, 4.69) is 10.1 Å². The molecule has 0 atom stereocenters. The van der Waals surface area contributed by atoms with Crippen LogP contribution in [0.5, 0.6) is 0 Å². The van der Waals surface area contributed by atoms with E-state index in [9.17, 15) is 22.8 Å². The number of rotatable bonds is 4. The minimum atomic E-state index is -3.72. The molecule has 2 saturated heterocycles. The van der Waals surface area contributed by atoms with Crippen molar-refractivity contribution in [1.29, 1.82) is 0 Å². The summed E-state index contributed by atoms with van der Waals surface area (Å²) in [4.78, 5) is 35.7. The number of imide groups is 1. The molecule has 146 valence electrons. The number of piperidine rings is 1. The number of sulfonamides is 1. The number of nitrogens with zero attached hydrogens (tertiary/aromatic N) is 2. The van der Waals surface area contributed by atoms with Gasteiger partial charge in [0, 0.05) is 24.8 Å². The predicted octanol–water partition coefficient (Wildman–Crippen LogP) is 0.997. The molecule has 10 nitrogen and oxygen atoms in total. The lowest BCUT2D eigenvalue weighted by Crippen LogP contribution is -2.48. The van der Waals surface area contributed by atoms with Crippen LogP contribution in [0.2, 0.25) is 0 Å². The van der Waals surface area contributed by atoms with Crippen LogP contribution in [-0.4, -0.2) is 68.6 Å². The highest BCUT2D eigenvalue weighted by atomic mass is 32.2. The number of ether oxygens (including phenoxy) is 2. The monoisotopic (exact) mass is 397 g/mol. The Morgan fingerprint density at radius 3 is 2.33 bits per heavy atom. The SMILES string of the molecule is COC(=O)Nc1ccc(S(=O)(=O)N2CCC(N3C(=O)COC3=O)CC2)cc1. The van der Waals surface area contributed by atoms with Crippen molar-refractivity contribution in [3.63, 3.8) is 0 Å². The molecule has 2 aliphatic rings. The predicted molar refractivity (Wildman–Crippen MR) is 92.4 cm³/mol. The first kappa shape index (κ1) is 19.1. The van der Waals surface area contributed by atoms with Crippen molar-refractivity contribution < 1.29 is 32.3 Å². The molecule has 3 rings (SSSR count). The summed E-state index contributed by atoms with van der Waals surface area (Å²) in [5.74, 6) is -0.394. The van der Waals surface area contributed by atoms with Gasteiger partial charge in [0.15, 0.2) is 6.61 Å². The van der Waals surface area contributed by atoms with Crippen molar-refractivity contribution in [3.8, 4) is 0 Å². The first-order valence-electron chi connectivity index (χ1n) is 8.27. The molecule has 2 fully saturated rings. The molecule has 27 heavy (non-hydrogen) atoms. The highest BCUT2D eigenvalue weighted by Gasteiger charge is 2.40. The molecule has 11 heteroatoms. The molecule has 0 bridgehead atoms. The van der Waals surface area contributed by atoms with Crippen molar-refractivity contribution >= 4 is 33.8 Å². The standard InChI is InChI=1S/C16H19N3O7S/c1-25-15(21)17-11-2-4-13(5-3-11)27(23,24)18-8-6-12(7-9-18)19-14(20)10-26-16(19)22/h2-5,12H,6-10H2,1H3,(H,17,21). The van der Waals surface area contributed by atoms with E-state index in [1.807, 2.05) is 0 Å². The van der Waals surface area contributed by atoms with Crippen LogP contribution in [0.15, 0.2) is 29.2 Å². The number of hydrogen-bond donors (Lipinski definition) is 1. The van der Waals surface area contributed by atoms with E-state index in [1.165, 1.54) is 35.7 Å². The third-order valence-electron chi connectivity index (χ3n) is 4.50. The van der Waals surface area contributed by atoms with Gasteiger partial charge in [-0.3, -0.25) is 10.1 Å². The van der Waals surface area contributed by atoms with Crippen molar-refractivity contribution in [1.82, 2.24) is 9.21 Å². The molecule has 0 unspecified atom stereocenters. The lowest BCUT2D eigenvalue weighted by Gasteiger charge is -2.34. The minimum absolute atomic E-state index is 0.0908. The van der Waals surface area contributed by atoms with E-state index < -0.39 is 28.1 Å². The fraction of sp³-hybridized carbons (Fsp3) is 0.438. The lowest BCUT2D eigenvalue weighted by atomic mass is 10.1. The normalized spacial score (nSPS) is 19.1. The Morgan fingerprint density at radius 1 is 1.19 bits per heavy atom. The van der Waals surface area contributed by atoms with E-state index >= 15 is 0 Å². The average molecular weight is 397 g/mol. The van der Waals surface area contributed by atoms with E-state index in [0.717, 1.165) is 4.90 Å². The molecule has 2 heterocycles. The topological polar surface area (TPSA) is 122 Å². The molecule has 0 aliphatic carbocycles. The van der Waals surface area contributed by atoms with Crippen molar-refractivity contribution in [3.05, 3.63) is 24.3 Å². The molecule has 3 amide bonds. The van der Waals surface area contributed by atoms with Gasteiger partial charge in [-0.2, -0.15) is 4.31 Å². The van der Waals surface area contributed by atoms with Gasteiger partial charge < -0.3 is 9.47 Å². The molecule has 1 N–H and O–H groups in total. The molecule has 1 aromatic rings. The van der Waals surface area contributed by atoms with Crippen molar-refractivity contribution in [2.75, 3.05) is 32.1 Å². The van der Waals surface area contributed by atoms with E-state index in [4.69, 9.17) is 4.74 Å². The summed E-state index contributed by atoms with van der Waals surface area (Å²) in [6.07, 6.45) is -0.623. The van der Waals surface area contributed by atoms with Gasteiger partial charge in [0.2, 0.25) is 10.0 Å². The van der Waals surface area contributed by atoms with Gasteiger partial charge >= 0.3 is 12.2 Å². The smallest absolute Gasteiger partial charge is 0.417 e. The first-order valence-corrected chi connectivity index (χ1v) is 9.71. The molecule has 0 radical (unpaired) electrons. The summed E-state index contributed by atoms with van der Waals surface area (Å²) in [7, 11) is -2.49. The van der Waals surface area contributed by atoms with Gasteiger partial charge in [0.1, 0.15) is 0 Å². The maximum atomic E-state index is 12.8. The minimum Gasteiger partial charge on any atom is -0.453 e. The summed E-state index contributed by atoms with van der Waals surface area (Å²) < 4.78 is 36.1. The van der Waals surface area contributed by atoms with Crippen LogP contribution in [0, 0.1) is 0 Å². The number of anilines is 1. The van der Waals surface area contributed by atoms with E-state index in [0.29, 0.717) is 18.5 Å². The summed E-state index contributed by atoms with van der Waals surface area (Å²) >= 11 is 0. The quantitative estimate of drug-likeness (QED) is 0.804. The number of hydrogen-bond acceptors (Lipinski definition) is 7. The van der Waals surface area contributed by atoms with Crippen LogP contribution in [0.4, 0.5) is 15.3 Å². The Hall–Kier alpha value is -2.66. The molecular weight excluding hydrogens is 378 g/mol. The number of benzene rings is 1. The number of carbonyl (C=O) groups excluding carboxylic acids is 3. The van der Waals surface area contributed by atoms with E-state index in [1.54, 1.807) is 0 Å². The van der Waals surface area contributed by atoms with Crippen molar-refractivity contribution in [2.24, 2.45) is 0 Å². The molecular formula is C16H19N3O7S. The second kappa shape index (κ2) is 7.53. The van der Waals surface area contributed by atoms with Gasteiger partial charge in [0.05, 0.1) is 12.0 Å². The maximum absolute atomic E-state index is 12.8. The number of cyclic esters (lactones) is 1. The third kappa shape index (κ3) is 3.88. The Kier molecular flexibility index (Phi) is 5.33. The number of methoxy groups -OCH3 is 1. The summed E-state index contributed by atoms with van der Waals surface area (Å²) in [6, 6.07) is 5.37. The average Bonchev–Trinajstić information content (AvgIpc) is 3.00. The van der Waals surface area contributed by atoms with Gasteiger partial charge in [-0.25, -0.2) is 22.9 Å². The Balaban J connectivity index is 1.65. The van der Waals surface area contributed by atoms with Crippen LogP contribution in [0.3, 0.4) is 0 Å². The van der Waals surface area contributed by atoms with Crippen LogP contribution >= 0.6 is 0 Å². The van der Waals surface area contributed by atoms with Gasteiger partial charge in [-0.1, -0.05) is 0 Å². The van der Waals surface area contributed by atoms with E-state index in [-0.39, 0.29) is 30.6 Å². The van der Waals surface area contributed by atoms with Crippen molar-refractivity contribution in [2.45, 2.75) is 23.8 Å². The Labute approximate surface area is 156 Å². The fourth-order valence-electron chi connectivity index (χ4n) is 3.09. The highest BCUT2D eigenvalue weighted by molar-refractivity contribution is 7.89. The first-order chi connectivity index (χ1) is 12.8. The van der Waals surface area contributed by atoms with Gasteiger partial charge in [0.25, 0.3) is 5.91 Å². The molecule has 0 saturated carbocycles. The maximum Gasteiger partial charge on any atom is 0.417 e. The zero-order chi connectivity index (χ0) is 19.6. The Morgan fingerprint density at radius 2 is 1.81 bits per heavy atom. The third-order valence-corrected chi connectivity index (χ3v) is 6.41. The second-order valence-electron chi connectivity index (χ2n) is 6.09. The molecule has 1 aromatic carbocycles. The summed E-state index contributed by atoms with van der Waals surface area (Å²) in [5, 5.41) is 2.44. The fourth-order valence-corrected chi connectivity index (χ4v) is 4.56. The number of amides is 3. The van der Waals surface area contributed by atoms with Gasteiger partial charge in [-0.15, -0.1) is 0 Å². The largest absolute Gasteiger partial charge is 0.453 e. The van der Waals surface area contributed by atoms with Crippen LogP contribution in [-0.2, 0) is 24.3 Å². The van der Waals surface area contributed by atoms with Gasteiger partial charge in [-0.05, 0) is 37.1 Å². The zero-order valence-corrected chi connectivity index (χ0v) is 15.4. The number of nitrogens with one attached hydrogen (secondary N) is 1. The second-order valence-corrected chi connectivity index (χ2v) is 8.03. The highest BCUT2D eigenvalue weighted by Crippen LogP contribution is 2.26. The lowest BCUT2D eigenvalue weighted by molar-refractivity contribution is -0.127. The van der Waals surface area contributed by atoms with Crippen LogP contribution in [0.25, 0.3) is 0 Å². The zero-order valence-electron chi connectivity index (χ0n) is 14.6. The van der Waals surface area contributed by atoms with Crippen LogP contribution < -0.4 is 5.32 Å². The molecule has 2 aliphatic heterocycles.